The van der Waals surface area contributed by atoms with Crippen LogP contribution in [0, 0.1) is 24.0 Å². The fraction of sp³-hybridized carbons (Fsp3) is 0.424. The summed E-state index contributed by atoms with van der Waals surface area (Å²) < 4.78 is 38.1. The molecule has 7 nitrogen and oxygen atoms in total. The van der Waals surface area contributed by atoms with Gasteiger partial charge in [-0.25, -0.2) is 13.8 Å². The minimum absolute atomic E-state index is 0.00970. The Morgan fingerprint density at radius 1 is 1.05 bits per heavy atom. The number of halogens is 2. The minimum atomic E-state index is -0.572. The van der Waals surface area contributed by atoms with Gasteiger partial charge in [0.25, 0.3) is 0 Å². The number of rotatable bonds is 4. The molecule has 0 amide bonds. The van der Waals surface area contributed by atoms with Crippen molar-refractivity contribution in [3.05, 3.63) is 53.2 Å². The van der Waals surface area contributed by atoms with E-state index in [-0.39, 0.29) is 34.4 Å². The van der Waals surface area contributed by atoms with Crippen molar-refractivity contribution >= 4 is 27.5 Å². The summed E-state index contributed by atoms with van der Waals surface area (Å²) in [4.78, 5) is 19.4. The van der Waals surface area contributed by atoms with Gasteiger partial charge in [0, 0.05) is 36.6 Å². The van der Waals surface area contributed by atoms with Gasteiger partial charge in [-0.1, -0.05) is 30.2 Å². The number of hydrogen-bond acceptors (Lipinski definition) is 7. The Hall–Kier alpha value is -3.87. The topological polar surface area (TPSA) is 66.4 Å². The zero-order valence-electron chi connectivity index (χ0n) is 23.4. The molecule has 4 aliphatic rings. The van der Waals surface area contributed by atoms with E-state index in [1.807, 2.05) is 12.1 Å². The second kappa shape index (κ2) is 9.85. The summed E-state index contributed by atoms with van der Waals surface area (Å²) in [6.45, 7) is 5.06. The van der Waals surface area contributed by atoms with E-state index in [0.29, 0.717) is 35.2 Å². The molecule has 6 heterocycles. The van der Waals surface area contributed by atoms with Crippen LogP contribution in [0.25, 0.3) is 32.9 Å². The maximum absolute atomic E-state index is 16.8. The highest BCUT2D eigenvalue weighted by atomic mass is 19.1. The minimum Gasteiger partial charge on any atom is -0.461 e. The van der Waals surface area contributed by atoms with Crippen molar-refractivity contribution in [1.82, 2.24) is 25.2 Å². The predicted octanol–water partition coefficient (Wildman–Crippen LogP) is 4.84. The molecule has 0 bridgehead atoms. The Kier molecular flexibility index (Phi) is 6.06. The van der Waals surface area contributed by atoms with Crippen molar-refractivity contribution in [1.29, 1.82) is 0 Å². The highest BCUT2D eigenvalue weighted by Gasteiger charge is 2.45. The molecule has 3 fully saturated rings. The first-order valence-corrected chi connectivity index (χ1v) is 15.0. The molecule has 0 radical (unpaired) electrons. The summed E-state index contributed by atoms with van der Waals surface area (Å²) in [5.74, 6) is 2.08. The van der Waals surface area contributed by atoms with Crippen LogP contribution in [0.1, 0.15) is 43.4 Å². The smallest absolute Gasteiger partial charge is 0.319 e. The van der Waals surface area contributed by atoms with Gasteiger partial charge in [0.15, 0.2) is 5.82 Å². The summed E-state index contributed by atoms with van der Waals surface area (Å²) >= 11 is 0. The average Bonchev–Trinajstić information content (AvgIpc) is 3.56. The lowest BCUT2D eigenvalue weighted by molar-refractivity contribution is 0.108. The standard InChI is InChI=1S/C33H32F2N6O/c1-2-22-24(34)10-8-20-6-3-7-23(26(20)22)29-28(35)30-27-25(37-29)11-9-21-18-36-14-17-41(21)31(27)39-32(38-30)42-19-33-12-4-15-40(33)16-5-13-33/h1,3,6-8,10,21,36H,4-5,9,11-19H2. The van der Waals surface area contributed by atoms with Crippen molar-refractivity contribution < 1.29 is 13.5 Å². The molecule has 0 saturated carbocycles. The number of ether oxygens (including phenoxy) is 1. The van der Waals surface area contributed by atoms with Gasteiger partial charge in [0.2, 0.25) is 0 Å². The Morgan fingerprint density at radius 3 is 2.74 bits per heavy atom. The first-order chi connectivity index (χ1) is 20.6. The molecule has 2 aromatic carbocycles. The highest BCUT2D eigenvalue weighted by Crippen LogP contribution is 2.42. The van der Waals surface area contributed by atoms with E-state index >= 15 is 4.39 Å². The van der Waals surface area contributed by atoms with Gasteiger partial charge in [-0.2, -0.15) is 9.97 Å². The monoisotopic (exact) mass is 566 g/mol. The molecule has 0 aliphatic carbocycles. The Bertz CT molecular complexity index is 1770. The van der Waals surface area contributed by atoms with Crippen molar-refractivity contribution in [2.24, 2.45) is 0 Å². The zero-order valence-corrected chi connectivity index (χ0v) is 23.4. The number of fused-ring (bicyclic) bond motifs is 4. The molecule has 1 unspecified atom stereocenters. The second-order valence-electron chi connectivity index (χ2n) is 12.0. The van der Waals surface area contributed by atoms with Gasteiger partial charge < -0.3 is 15.0 Å². The summed E-state index contributed by atoms with van der Waals surface area (Å²) in [6.07, 6.45) is 11.7. The lowest BCUT2D eigenvalue weighted by Gasteiger charge is -2.36. The number of anilines is 1. The molecule has 2 aromatic heterocycles. The first-order valence-electron chi connectivity index (χ1n) is 15.0. The summed E-state index contributed by atoms with van der Waals surface area (Å²) in [7, 11) is 0. The zero-order chi connectivity index (χ0) is 28.4. The maximum Gasteiger partial charge on any atom is 0.319 e. The molecular weight excluding hydrogens is 534 g/mol. The van der Waals surface area contributed by atoms with E-state index in [2.05, 4.69) is 21.0 Å². The van der Waals surface area contributed by atoms with Crippen LogP contribution in [0.2, 0.25) is 0 Å². The van der Waals surface area contributed by atoms with Crippen molar-refractivity contribution in [3.8, 4) is 29.6 Å². The lowest BCUT2D eigenvalue weighted by Crippen LogP contribution is -2.51. The number of benzene rings is 2. The number of aryl methyl sites for hydroxylation is 1. The van der Waals surface area contributed by atoms with Gasteiger partial charge in [-0.05, 0) is 63.1 Å². The van der Waals surface area contributed by atoms with Crippen LogP contribution < -0.4 is 15.0 Å². The number of piperazine rings is 1. The fourth-order valence-electron chi connectivity index (χ4n) is 7.79. The van der Waals surface area contributed by atoms with Crippen molar-refractivity contribution in [2.45, 2.75) is 50.1 Å². The number of aromatic nitrogens is 3. The van der Waals surface area contributed by atoms with Crippen LogP contribution in [-0.4, -0.2) is 70.8 Å². The molecule has 0 spiro atoms. The fourth-order valence-corrected chi connectivity index (χ4v) is 7.79. The van der Waals surface area contributed by atoms with Crippen molar-refractivity contribution in [2.75, 3.05) is 44.2 Å². The van der Waals surface area contributed by atoms with Crippen LogP contribution in [0.5, 0.6) is 6.01 Å². The molecular formula is C33H32F2N6O. The summed E-state index contributed by atoms with van der Waals surface area (Å²) in [5, 5.41) is 5.32. The van der Waals surface area contributed by atoms with Crippen LogP contribution >= 0.6 is 0 Å². The van der Waals surface area contributed by atoms with Crippen LogP contribution in [0.3, 0.4) is 0 Å². The van der Waals surface area contributed by atoms with Crippen LogP contribution in [0.4, 0.5) is 14.6 Å². The Morgan fingerprint density at radius 2 is 1.90 bits per heavy atom. The molecule has 42 heavy (non-hydrogen) atoms. The van der Waals surface area contributed by atoms with E-state index in [4.69, 9.17) is 26.1 Å². The highest BCUT2D eigenvalue weighted by molar-refractivity contribution is 6.02. The Balaban J connectivity index is 1.33. The number of nitrogens with one attached hydrogen (secondary N) is 1. The van der Waals surface area contributed by atoms with Gasteiger partial charge in [0.1, 0.15) is 29.5 Å². The molecule has 8 rings (SSSR count). The van der Waals surface area contributed by atoms with Crippen LogP contribution in [-0.2, 0) is 6.42 Å². The molecule has 1 N–H and O–H groups in total. The quantitative estimate of drug-likeness (QED) is 0.355. The normalized spacial score (nSPS) is 21.3. The SMILES string of the molecule is C#Cc1c(F)ccc2cccc(-c3nc4c5c(nc(OCC67CCCN6CCC7)nc5c3F)N3CCNCC3CC4)c12. The van der Waals surface area contributed by atoms with Gasteiger partial charge in [-0.3, -0.25) is 4.90 Å². The predicted molar refractivity (Wildman–Crippen MR) is 159 cm³/mol. The molecule has 3 saturated heterocycles. The van der Waals surface area contributed by atoms with E-state index < -0.39 is 11.6 Å². The third-order valence-corrected chi connectivity index (χ3v) is 9.83. The molecule has 1 atom stereocenters. The summed E-state index contributed by atoms with van der Waals surface area (Å²) in [5.41, 5.74) is 1.61. The molecule has 4 aliphatic heterocycles. The van der Waals surface area contributed by atoms with Crippen LogP contribution in [0.15, 0.2) is 30.3 Å². The third kappa shape index (κ3) is 3.89. The number of pyridine rings is 1. The first kappa shape index (κ1) is 25.8. The second-order valence-corrected chi connectivity index (χ2v) is 12.0. The van der Waals surface area contributed by atoms with Gasteiger partial charge >= 0.3 is 6.01 Å². The largest absolute Gasteiger partial charge is 0.461 e. The van der Waals surface area contributed by atoms with Crippen molar-refractivity contribution in [3.63, 3.8) is 0 Å². The summed E-state index contributed by atoms with van der Waals surface area (Å²) in [6, 6.07) is 8.82. The van der Waals surface area contributed by atoms with Gasteiger partial charge in [0.05, 0.1) is 22.2 Å². The lowest BCUT2D eigenvalue weighted by atomic mass is 9.95. The van der Waals surface area contributed by atoms with Gasteiger partial charge in [-0.15, -0.1) is 6.42 Å². The number of hydrogen-bond donors (Lipinski definition) is 1. The van der Waals surface area contributed by atoms with E-state index in [1.54, 1.807) is 12.1 Å². The molecule has 4 aromatic rings. The number of nitrogens with zero attached hydrogens (tertiary/aromatic N) is 5. The average molecular weight is 567 g/mol. The van der Waals surface area contributed by atoms with E-state index in [1.165, 1.54) is 6.07 Å². The van der Waals surface area contributed by atoms with E-state index in [0.717, 1.165) is 75.9 Å². The maximum atomic E-state index is 16.8. The molecule has 214 valence electrons. The van der Waals surface area contributed by atoms with E-state index in [9.17, 15) is 4.39 Å². The molecule has 9 heteroatoms. The Labute approximate surface area is 243 Å². The third-order valence-electron chi connectivity index (χ3n) is 9.83. The number of terminal acetylenes is 1.